The Balaban J connectivity index is 1.82. The van der Waals surface area contributed by atoms with Gasteiger partial charge in [0.25, 0.3) is 0 Å². The summed E-state index contributed by atoms with van der Waals surface area (Å²) in [5.41, 5.74) is 8.14. The number of nitrogens with one attached hydrogen (secondary N) is 1. The molecule has 1 aromatic heterocycles. The van der Waals surface area contributed by atoms with E-state index in [1.165, 1.54) is 13.2 Å². The second kappa shape index (κ2) is 8.52. The molecule has 8 nitrogen and oxygen atoms in total. The van der Waals surface area contributed by atoms with E-state index in [0.29, 0.717) is 38.7 Å². The average Bonchev–Trinajstić information content (AvgIpc) is 2.77. The Morgan fingerprint density at radius 1 is 1.03 bits per heavy atom. The lowest BCUT2D eigenvalue weighted by molar-refractivity contribution is 0.415. The zero-order valence-electron chi connectivity index (χ0n) is 17.2. The molecule has 0 fully saturated rings. The largest absolute Gasteiger partial charge is 0.497 e. The summed E-state index contributed by atoms with van der Waals surface area (Å²) in [7, 11) is -2.60. The van der Waals surface area contributed by atoms with Gasteiger partial charge in [-0.05, 0) is 54.2 Å². The molecular weight excluding hydrogens is 450 g/mol. The first-order valence-corrected chi connectivity index (χ1v) is 11.3. The lowest BCUT2D eigenvalue weighted by Gasteiger charge is -2.22. The second-order valence-corrected chi connectivity index (χ2v) is 8.93. The van der Waals surface area contributed by atoms with Crippen molar-refractivity contribution in [2.24, 2.45) is 0 Å². The Kier molecular flexibility index (Phi) is 5.77. The SMILES string of the molecule is COc1ccc(Cl)c(Nc2nc3ccccc3nc2[N-]S(=O)(=O)c2cc(N)ccc2C)c1. The number of ether oxygens (including phenoxy) is 1. The van der Waals surface area contributed by atoms with Crippen molar-refractivity contribution < 1.29 is 13.2 Å². The number of nitrogens with two attached hydrogens (primary N) is 1. The minimum atomic E-state index is -4.13. The molecule has 3 N–H and O–H groups in total. The molecule has 4 aromatic rings. The molecule has 0 spiro atoms. The predicted molar refractivity (Wildman–Crippen MR) is 127 cm³/mol. The molecule has 3 aromatic carbocycles. The number of aromatic nitrogens is 2. The number of para-hydroxylation sites is 2. The van der Waals surface area contributed by atoms with Gasteiger partial charge in [0.2, 0.25) is 10.0 Å². The van der Waals surface area contributed by atoms with Gasteiger partial charge in [-0.1, -0.05) is 35.9 Å². The van der Waals surface area contributed by atoms with Crippen LogP contribution in [0.1, 0.15) is 5.56 Å². The molecular formula is C22H19ClN5O3S-. The minimum Gasteiger partial charge on any atom is -0.497 e. The molecule has 0 aliphatic carbocycles. The van der Waals surface area contributed by atoms with Crippen molar-refractivity contribution in [3.8, 4) is 5.75 Å². The monoisotopic (exact) mass is 468 g/mol. The number of hydrogen-bond donors (Lipinski definition) is 2. The summed E-state index contributed by atoms with van der Waals surface area (Å²) in [5.74, 6) is 0.584. The molecule has 10 heteroatoms. The molecule has 1 heterocycles. The Bertz CT molecular complexity index is 1430. The van der Waals surface area contributed by atoms with Crippen LogP contribution in [0.5, 0.6) is 5.75 Å². The van der Waals surface area contributed by atoms with Crippen LogP contribution in [0.2, 0.25) is 5.02 Å². The maximum Gasteiger partial charge on any atom is 0.202 e. The lowest BCUT2D eigenvalue weighted by atomic mass is 10.2. The van der Waals surface area contributed by atoms with Crippen LogP contribution in [0.25, 0.3) is 15.8 Å². The third kappa shape index (κ3) is 4.39. The fourth-order valence-corrected chi connectivity index (χ4v) is 4.43. The first-order chi connectivity index (χ1) is 15.3. The number of methoxy groups -OCH3 is 1. The molecule has 0 aliphatic rings. The number of sulfonamides is 1. The predicted octanol–water partition coefficient (Wildman–Crippen LogP) is 5.32. The molecule has 164 valence electrons. The zero-order valence-corrected chi connectivity index (χ0v) is 18.8. The Morgan fingerprint density at radius 2 is 1.75 bits per heavy atom. The van der Waals surface area contributed by atoms with Gasteiger partial charge in [-0.25, -0.2) is 13.4 Å². The maximum atomic E-state index is 13.1. The van der Waals surface area contributed by atoms with Gasteiger partial charge in [0.15, 0.2) is 0 Å². The Hall–Kier alpha value is -3.56. The van der Waals surface area contributed by atoms with Crippen LogP contribution in [0.3, 0.4) is 0 Å². The normalized spacial score (nSPS) is 11.3. The summed E-state index contributed by atoms with van der Waals surface area (Å²) in [6.07, 6.45) is 0. The molecule has 0 atom stereocenters. The highest BCUT2D eigenvalue weighted by Crippen LogP contribution is 2.37. The summed E-state index contributed by atoms with van der Waals surface area (Å²) >= 11 is 6.31. The van der Waals surface area contributed by atoms with Gasteiger partial charge in [-0.15, -0.1) is 0 Å². The highest BCUT2D eigenvalue weighted by Gasteiger charge is 2.16. The quantitative estimate of drug-likeness (QED) is 0.367. The van der Waals surface area contributed by atoms with Crippen LogP contribution in [-0.2, 0) is 10.0 Å². The highest BCUT2D eigenvalue weighted by atomic mass is 35.5. The molecule has 0 unspecified atom stereocenters. The van der Waals surface area contributed by atoms with Crippen LogP contribution in [0.15, 0.2) is 65.6 Å². The molecule has 0 aliphatic heterocycles. The van der Waals surface area contributed by atoms with Crippen molar-refractivity contribution in [1.82, 2.24) is 9.97 Å². The van der Waals surface area contributed by atoms with Crippen molar-refractivity contribution in [2.75, 3.05) is 18.2 Å². The fraction of sp³-hybridized carbons (Fsp3) is 0.0909. The van der Waals surface area contributed by atoms with Gasteiger partial charge in [-0.2, -0.15) is 0 Å². The van der Waals surface area contributed by atoms with Crippen molar-refractivity contribution in [3.63, 3.8) is 0 Å². The summed E-state index contributed by atoms with van der Waals surface area (Å²) < 4.78 is 35.5. The maximum absolute atomic E-state index is 13.1. The summed E-state index contributed by atoms with van der Waals surface area (Å²) in [6, 6.07) is 16.7. The van der Waals surface area contributed by atoms with E-state index < -0.39 is 10.0 Å². The van der Waals surface area contributed by atoms with Crippen LogP contribution in [-0.4, -0.2) is 25.5 Å². The van der Waals surface area contributed by atoms with Crippen LogP contribution in [0, 0.1) is 6.92 Å². The molecule has 0 bridgehead atoms. The number of benzene rings is 3. The van der Waals surface area contributed by atoms with E-state index in [4.69, 9.17) is 22.1 Å². The fourth-order valence-electron chi connectivity index (χ4n) is 3.05. The Morgan fingerprint density at radius 3 is 2.47 bits per heavy atom. The summed E-state index contributed by atoms with van der Waals surface area (Å²) in [6.45, 7) is 1.67. The number of nitrogens with zero attached hydrogens (tertiary/aromatic N) is 3. The number of rotatable bonds is 6. The summed E-state index contributed by atoms with van der Waals surface area (Å²) in [4.78, 5) is 8.96. The molecule has 0 radical (unpaired) electrons. The van der Waals surface area contributed by atoms with E-state index in [1.54, 1.807) is 55.5 Å². The first-order valence-electron chi connectivity index (χ1n) is 9.48. The number of aryl methyl sites for hydroxylation is 1. The smallest absolute Gasteiger partial charge is 0.202 e. The molecule has 32 heavy (non-hydrogen) atoms. The van der Waals surface area contributed by atoms with Gasteiger partial charge in [0.05, 0.1) is 28.2 Å². The van der Waals surface area contributed by atoms with E-state index >= 15 is 0 Å². The van der Waals surface area contributed by atoms with Crippen molar-refractivity contribution in [2.45, 2.75) is 11.8 Å². The standard InChI is InChI=1S/C22H19ClN5O3S/c1-13-7-8-14(24)11-20(13)32(29,30)28-22-21(25-17-5-3-4-6-18(17)26-22)27-19-12-15(31-2)9-10-16(19)23/h3-12H,24H2,1-2H3,(H-,25,26,27,28)/q-1. The average molecular weight is 469 g/mol. The molecule has 0 saturated heterocycles. The van der Waals surface area contributed by atoms with Gasteiger partial charge in [0, 0.05) is 11.8 Å². The van der Waals surface area contributed by atoms with E-state index in [1.807, 2.05) is 6.07 Å². The molecule has 0 saturated carbocycles. The highest BCUT2D eigenvalue weighted by molar-refractivity contribution is 7.94. The van der Waals surface area contributed by atoms with Gasteiger partial charge >= 0.3 is 0 Å². The molecule has 0 amide bonds. The van der Waals surface area contributed by atoms with Crippen LogP contribution in [0.4, 0.5) is 23.0 Å². The van der Waals surface area contributed by atoms with Gasteiger partial charge in [0.1, 0.15) is 11.6 Å². The van der Waals surface area contributed by atoms with E-state index in [-0.39, 0.29) is 16.5 Å². The Labute approximate surface area is 190 Å². The number of hydrogen-bond acceptors (Lipinski definition) is 7. The second-order valence-electron chi connectivity index (χ2n) is 6.95. The number of nitrogen functional groups attached to an aromatic ring is 1. The summed E-state index contributed by atoms with van der Waals surface area (Å²) in [5, 5.41) is 3.43. The number of halogens is 1. The molecule has 4 rings (SSSR count). The first kappa shape index (κ1) is 21.7. The van der Waals surface area contributed by atoms with Crippen molar-refractivity contribution in [3.05, 3.63) is 76.0 Å². The minimum absolute atomic E-state index is 0.00202. The third-order valence-electron chi connectivity index (χ3n) is 4.68. The lowest BCUT2D eigenvalue weighted by Crippen LogP contribution is -2.05. The van der Waals surface area contributed by atoms with Crippen LogP contribution >= 0.6 is 11.6 Å². The number of fused-ring (bicyclic) bond motifs is 1. The topological polar surface area (TPSA) is 121 Å². The van der Waals surface area contributed by atoms with Crippen LogP contribution < -0.4 is 15.8 Å². The van der Waals surface area contributed by atoms with E-state index in [2.05, 4.69) is 20.0 Å². The zero-order chi connectivity index (χ0) is 22.9. The van der Waals surface area contributed by atoms with Crippen molar-refractivity contribution in [1.29, 1.82) is 0 Å². The number of anilines is 3. The van der Waals surface area contributed by atoms with Gasteiger partial charge < -0.3 is 25.5 Å². The van der Waals surface area contributed by atoms with Gasteiger partial charge in [-0.3, -0.25) is 0 Å². The third-order valence-corrected chi connectivity index (χ3v) is 6.41. The van der Waals surface area contributed by atoms with E-state index in [9.17, 15) is 8.42 Å². The van der Waals surface area contributed by atoms with Crippen molar-refractivity contribution >= 4 is 55.7 Å². The van der Waals surface area contributed by atoms with E-state index in [0.717, 1.165) is 0 Å².